The third-order valence-electron chi connectivity index (χ3n) is 5.79. The van der Waals surface area contributed by atoms with Crippen LogP contribution < -0.4 is 13.9 Å². The largest absolute Gasteiger partial charge is 0.326 e. The Morgan fingerprint density at radius 3 is 2.29 bits per heavy atom. The van der Waals surface area contributed by atoms with Crippen molar-refractivity contribution >= 4 is 54.6 Å². The smallest absolute Gasteiger partial charge is 0.264 e. The number of nitrogens with one attached hydrogen (secondary N) is 1. The Hall–Kier alpha value is -3.08. The van der Waals surface area contributed by atoms with Crippen molar-refractivity contribution in [1.82, 2.24) is 0 Å². The van der Waals surface area contributed by atoms with Crippen molar-refractivity contribution in [2.75, 3.05) is 33.8 Å². The van der Waals surface area contributed by atoms with E-state index in [9.17, 15) is 21.6 Å². The van der Waals surface area contributed by atoms with Crippen LogP contribution in [-0.4, -0.2) is 42.6 Å². The topological polar surface area (TPSA) is 104 Å². The molecular weight excluding hydrogens is 510 g/mol. The first-order valence-electron chi connectivity index (χ1n) is 10.7. The molecule has 35 heavy (non-hydrogen) atoms. The monoisotopic (exact) mass is 533 g/mol. The summed E-state index contributed by atoms with van der Waals surface area (Å²) >= 11 is 5.89. The third kappa shape index (κ3) is 5.44. The Morgan fingerprint density at radius 2 is 1.66 bits per heavy atom. The lowest BCUT2D eigenvalue weighted by Gasteiger charge is -2.20. The number of nitrogens with zero attached hydrogens (tertiary/aromatic N) is 2. The van der Waals surface area contributed by atoms with E-state index >= 15 is 0 Å². The molecular formula is C24H24ClN3O5S2. The zero-order valence-electron chi connectivity index (χ0n) is 19.1. The number of hydrogen-bond donors (Lipinski definition) is 1. The second-order valence-corrected chi connectivity index (χ2v) is 12.6. The van der Waals surface area contributed by atoms with Crippen LogP contribution in [0.4, 0.5) is 17.1 Å². The van der Waals surface area contributed by atoms with Crippen LogP contribution in [0.25, 0.3) is 0 Å². The van der Waals surface area contributed by atoms with Crippen LogP contribution in [0.2, 0.25) is 5.02 Å². The summed E-state index contributed by atoms with van der Waals surface area (Å²) < 4.78 is 52.2. The molecule has 11 heteroatoms. The van der Waals surface area contributed by atoms with Gasteiger partial charge >= 0.3 is 0 Å². The second kappa shape index (κ2) is 9.52. The summed E-state index contributed by atoms with van der Waals surface area (Å²) in [6, 6.07) is 17.9. The Kier molecular flexibility index (Phi) is 6.81. The van der Waals surface area contributed by atoms with Gasteiger partial charge < -0.3 is 5.32 Å². The van der Waals surface area contributed by atoms with Crippen LogP contribution in [0, 0.1) is 0 Å². The predicted molar refractivity (Wildman–Crippen MR) is 138 cm³/mol. The van der Waals surface area contributed by atoms with Gasteiger partial charge in [0.15, 0.2) is 0 Å². The van der Waals surface area contributed by atoms with Gasteiger partial charge in [-0.25, -0.2) is 16.8 Å². The van der Waals surface area contributed by atoms with E-state index in [1.54, 1.807) is 36.4 Å². The molecule has 184 valence electrons. The van der Waals surface area contributed by atoms with Gasteiger partial charge in [0, 0.05) is 24.3 Å². The molecule has 0 spiro atoms. The molecule has 0 radical (unpaired) electrons. The molecule has 3 aromatic rings. The van der Waals surface area contributed by atoms with Gasteiger partial charge in [-0.2, -0.15) is 0 Å². The van der Waals surface area contributed by atoms with E-state index in [1.807, 2.05) is 6.07 Å². The molecule has 0 saturated heterocycles. The molecule has 8 nitrogen and oxygen atoms in total. The Bertz CT molecular complexity index is 1470. The minimum Gasteiger partial charge on any atom is -0.326 e. The molecule has 0 aliphatic carbocycles. The fraction of sp³-hybridized carbons (Fsp3) is 0.208. The molecule has 0 unspecified atom stereocenters. The maximum Gasteiger partial charge on any atom is 0.264 e. The van der Waals surface area contributed by atoms with Crippen molar-refractivity contribution in [3.63, 3.8) is 0 Å². The standard InChI is InChI=1S/C24H24ClN3O5S2/c1-27(34(2,30)31)21-9-3-17(4-10-21)15-24(29)26-20-8-5-18-13-14-28(23(18)16-20)35(32,33)22-11-6-19(25)7-12-22/h3-12,16H,13-15H2,1-2H3,(H,26,29). The zero-order chi connectivity index (χ0) is 25.4. The molecule has 0 fully saturated rings. The summed E-state index contributed by atoms with van der Waals surface area (Å²) in [5, 5.41) is 3.27. The van der Waals surface area contributed by atoms with Crippen LogP contribution in [-0.2, 0) is 37.7 Å². The number of fused-ring (bicyclic) bond motifs is 1. The number of carbonyl (C=O) groups is 1. The average Bonchev–Trinajstić information content (AvgIpc) is 3.23. The van der Waals surface area contributed by atoms with Gasteiger partial charge in [0.1, 0.15) is 0 Å². The summed E-state index contributed by atoms with van der Waals surface area (Å²) in [6.07, 6.45) is 1.77. The number of benzene rings is 3. The first-order chi connectivity index (χ1) is 16.4. The molecule has 4 rings (SSSR count). The van der Waals surface area contributed by atoms with Crippen molar-refractivity contribution in [2.45, 2.75) is 17.7 Å². The van der Waals surface area contributed by atoms with Crippen LogP contribution in [0.15, 0.2) is 71.6 Å². The number of carbonyl (C=O) groups excluding carboxylic acids is 1. The first kappa shape index (κ1) is 25.0. The minimum atomic E-state index is -3.77. The summed E-state index contributed by atoms with van der Waals surface area (Å²) in [4.78, 5) is 12.8. The Labute approximate surface area is 210 Å². The number of anilines is 3. The molecule has 0 aromatic heterocycles. The predicted octanol–water partition coefficient (Wildman–Crippen LogP) is 3.67. The van der Waals surface area contributed by atoms with Gasteiger partial charge in [-0.1, -0.05) is 29.8 Å². The molecule has 0 bridgehead atoms. The van der Waals surface area contributed by atoms with E-state index in [4.69, 9.17) is 11.6 Å². The van der Waals surface area contributed by atoms with E-state index in [-0.39, 0.29) is 17.2 Å². The lowest BCUT2D eigenvalue weighted by atomic mass is 10.1. The molecule has 0 atom stereocenters. The van der Waals surface area contributed by atoms with Gasteiger partial charge in [-0.3, -0.25) is 13.4 Å². The third-order valence-corrected chi connectivity index (χ3v) is 9.07. The first-order valence-corrected chi connectivity index (χ1v) is 14.4. The van der Waals surface area contributed by atoms with Gasteiger partial charge in [-0.15, -0.1) is 0 Å². The Morgan fingerprint density at radius 1 is 1.00 bits per heavy atom. The molecule has 1 heterocycles. The minimum absolute atomic E-state index is 0.0761. The number of halogens is 1. The molecule has 1 aliphatic heterocycles. The van der Waals surface area contributed by atoms with Gasteiger partial charge in [0.05, 0.1) is 28.9 Å². The molecule has 1 amide bonds. The quantitative estimate of drug-likeness (QED) is 0.499. The maximum absolute atomic E-state index is 13.2. The van der Waals surface area contributed by atoms with Gasteiger partial charge in [0.25, 0.3) is 10.0 Å². The average molecular weight is 534 g/mol. The maximum atomic E-state index is 13.2. The zero-order valence-corrected chi connectivity index (χ0v) is 21.5. The van der Waals surface area contributed by atoms with E-state index < -0.39 is 20.0 Å². The van der Waals surface area contributed by atoms with Crippen LogP contribution in [0.5, 0.6) is 0 Å². The van der Waals surface area contributed by atoms with Gasteiger partial charge in [0.2, 0.25) is 15.9 Å². The lowest BCUT2D eigenvalue weighted by Crippen LogP contribution is -2.29. The van der Waals surface area contributed by atoms with Crippen molar-refractivity contribution < 1.29 is 21.6 Å². The highest BCUT2D eigenvalue weighted by Crippen LogP contribution is 2.35. The van der Waals surface area contributed by atoms with Crippen molar-refractivity contribution in [3.05, 3.63) is 82.9 Å². The number of hydrogen-bond acceptors (Lipinski definition) is 5. The summed E-state index contributed by atoms with van der Waals surface area (Å²) in [5.74, 6) is -0.278. The fourth-order valence-electron chi connectivity index (χ4n) is 3.82. The lowest BCUT2D eigenvalue weighted by molar-refractivity contribution is -0.115. The summed E-state index contributed by atoms with van der Waals surface area (Å²) in [5.41, 5.74) is 3.11. The second-order valence-electron chi connectivity index (χ2n) is 8.25. The van der Waals surface area contributed by atoms with E-state index in [0.29, 0.717) is 40.6 Å². The van der Waals surface area contributed by atoms with Crippen LogP contribution in [0.1, 0.15) is 11.1 Å². The number of amides is 1. The summed E-state index contributed by atoms with van der Waals surface area (Å²) in [7, 11) is -5.68. The normalized spacial score (nSPS) is 13.4. The molecule has 1 N–H and O–H groups in total. The SMILES string of the molecule is CN(c1ccc(CC(=O)Nc2ccc3c(c2)N(S(=O)(=O)c2ccc(Cl)cc2)CC3)cc1)S(C)(=O)=O. The van der Waals surface area contributed by atoms with Crippen molar-refractivity contribution in [3.8, 4) is 0 Å². The molecule has 3 aromatic carbocycles. The highest BCUT2D eigenvalue weighted by molar-refractivity contribution is 7.93. The fourth-order valence-corrected chi connectivity index (χ4v) is 5.94. The van der Waals surface area contributed by atoms with Crippen molar-refractivity contribution in [1.29, 1.82) is 0 Å². The van der Waals surface area contributed by atoms with Crippen LogP contribution in [0.3, 0.4) is 0 Å². The van der Waals surface area contributed by atoms with Crippen molar-refractivity contribution in [2.24, 2.45) is 0 Å². The van der Waals surface area contributed by atoms with E-state index in [0.717, 1.165) is 16.1 Å². The number of sulfonamides is 2. The van der Waals surface area contributed by atoms with Crippen LogP contribution >= 0.6 is 11.6 Å². The highest BCUT2D eigenvalue weighted by Gasteiger charge is 2.31. The Balaban J connectivity index is 1.48. The summed E-state index contributed by atoms with van der Waals surface area (Å²) in [6.45, 7) is 0.311. The van der Waals surface area contributed by atoms with E-state index in [1.165, 1.54) is 35.6 Å². The molecule has 1 aliphatic rings. The molecule has 0 saturated carbocycles. The van der Waals surface area contributed by atoms with Gasteiger partial charge in [-0.05, 0) is 66.1 Å². The highest BCUT2D eigenvalue weighted by atomic mass is 35.5. The number of rotatable bonds is 7. The van der Waals surface area contributed by atoms with E-state index in [2.05, 4.69) is 5.32 Å².